The van der Waals surface area contributed by atoms with E-state index in [9.17, 15) is 13.2 Å². The van der Waals surface area contributed by atoms with E-state index >= 15 is 0 Å². The van der Waals surface area contributed by atoms with Crippen LogP contribution in [0.15, 0.2) is 12.1 Å². The minimum absolute atomic E-state index is 0.00962. The van der Waals surface area contributed by atoms with E-state index in [1.54, 1.807) is 0 Å². The number of rotatable bonds is 3. The van der Waals surface area contributed by atoms with Gasteiger partial charge in [0.05, 0.1) is 5.69 Å². The fraction of sp³-hybridized carbons (Fsp3) is 0.500. The Morgan fingerprint density at radius 2 is 1.71 bits per heavy atom. The molecular formula is C12H14F3NO. The molecule has 0 amide bonds. The average Bonchev–Trinajstić information content (AvgIpc) is 2.33. The maximum Gasteiger partial charge on any atom is 0.161 e. The Labute approximate surface area is 97.8 Å². The molecule has 1 aromatic rings. The van der Waals surface area contributed by atoms with Gasteiger partial charge in [-0.2, -0.15) is 0 Å². The zero-order valence-corrected chi connectivity index (χ0v) is 9.31. The molecule has 1 aliphatic rings. The average molecular weight is 245 g/mol. The van der Waals surface area contributed by atoms with Gasteiger partial charge in [0, 0.05) is 31.9 Å². The highest BCUT2D eigenvalue weighted by molar-refractivity contribution is 5.45. The van der Waals surface area contributed by atoms with Gasteiger partial charge in [-0.15, -0.1) is 0 Å². The van der Waals surface area contributed by atoms with Crippen LogP contribution in [0.2, 0.25) is 0 Å². The fourth-order valence-electron chi connectivity index (χ4n) is 1.86. The molecule has 1 aromatic carbocycles. The molecule has 2 rings (SSSR count). The lowest BCUT2D eigenvalue weighted by atomic mass is 10.0. The van der Waals surface area contributed by atoms with E-state index in [4.69, 9.17) is 4.74 Å². The van der Waals surface area contributed by atoms with Crippen molar-refractivity contribution in [1.82, 2.24) is 0 Å². The molecule has 0 unspecified atom stereocenters. The number of benzene rings is 1. The van der Waals surface area contributed by atoms with Gasteiger partial charge in [-0.1, -0.05) is 0 Å². The molecule has 1 fully saturated rings. The van der Waals surface area contributed by atoms with Crippen molar-refractivity contribution in [2.75, 3.05) is 25.1 Å². The summed E-state index contributed by atoms with van der Waals surface area (Å²) in [5.41, 5.74) is 0.00962. The Balaban J connectivity index is 1.96. The molecule has 0 saturated carbocycles. The van der Waals surface area contributed by atoms with E-state index in [0.29, 0.717) is 31.7 Å². The number of ether oxygens (including phenoxy) is 1. The summed E-state index contributed by atoms with van der Waals surface area (Å²) in [5.74, 6) is -2.59. The highest BCUT2D eigenvalue weighted by atomic mass is 19.2. The molecule has 1 N–H and O–H groups in total. The number of halogens is 3. The van der Waals surface area contributed by atoms with Crippen LogP contribution >= 0.6 is 0 Å². The van der Waals surface area contributed by atoms with Gasteiger partial charge in [0.25, 0.3) is 0 Å². The third kappa shape index (κ3) is 3.12. The number of nitrogens with one attached hydrogen (secondary N) is 1. The van der Waals surface area contributed by atoms with Crippen molar-refractivity contribution in [3.63, 3.8) is 0 Å². The maximum absolute atomic E-state index is 13.3. The van der Waals surface area contributed by atoms with Crippen LogP contribution < -0.4 is 5.32 Å². The largest absolute Gasteiger partial charge is 0.382 e. The van der Waals surface area contributed by atoms with Gasteiger partial charge in [0.15, 0.2) is 11.6 Å². The van der Waals surface area contributed by atoms with E-state index in [1.807, 2.05) is 0 Å². The summed E-state index contributed by atoms with van der Waals surface area (Å²) in [6, 6.07) is 1.41. The first-order valence-corrected chi connectivity index (χ1v) is 5.63. The summed E-state index contributed by atoms with van der Waals surface area (Å²) in [6.45, 7) is 1.95. The molecule has 0 aromatic heterocycles. The Morgan fingerprint density at radius 1 is 1.06 bits per heavy atom. The highest BCUT2D eigenvalue weighted by Crippen LogP contribution is 2.20. The van der Waals surface area contributed by atoms with Crippen LogP contribution in [0.5, 0.6) is 0 Å². The lowest BCUT2D eigenvalue weighted by Gasteiger charge is -2.22. The van der Waals surface area contributed by atoms with Crippen LogP contribution in [0.25, 0.3) is 0 Å². The molecule has 0 radical (unpaired) electrons. The third-order valence-electron chi connectivity index (χ3n) is 2.93. The molecule has 1 aliphatic heterocycles. The van der Waals surface area contributed by atoms with Crippen LogP contribution in [0, 0.1) is 23.4 Å². The van der Waals surface area contributed by atoms with Crippen molar-refractivity contribution in [3.8, 4) is 0 Å². The fourth-order valence-corrected chi connectivity index (χ4v) is 1.86. The molecule has 0 bridgehead atoms. The van der Waals surface area contributed by atoms with Crippen molar-refractivity contribution in [1.29, 1.82) is 0 Å². The SMILES string of the molecule is Fc1cc(F)c(NCC2CCOCC2)cc1F. The molecule has 17 heavy (non-hydrogen) atoms. The van der Waals surface area contributed by atoms with Gasteiger partial charge in [0.1, 0.15) is 5.82 Å². The lowest BCUT2D eigenvalue weighted by molar-refractivity contribution is 0.0699. The maximum atomic E-state index is 13.3. The predicted octanol–water partition coefficient (Wildman–Crippen LogP) is 2.94. The first-order chi connectivity index (χ1) is 8.16. The minimum atomic E-state index is -1.17. The van der Waals surface area contributed by atoms with Crippen molar-refractivity contribution in [2.45, 2.75) is 12.8 Å². The number of hydrogen-bond donors (Lipinski definition) is 1. The molecule has 0 spiro atoms. The molecule has 2 nitrogen and oxygen atoms in total. The van der Waals surface area contributed by atoms with Gasteiger partial charge in [-0.3, -0.25) is 0 Å². The highest BCUT2D eigenvalue weighted by Gasteiger charge is 2.15. The molecular weight excluding hydrogens is 231 g/mol. The summed E-state index contributed by atoms with van der Waals surface area (Å²) in [7, 11) is 0. The molecule has 5 heteroatoms. The van der Waals surface area contributed by atoms with Crippen molar-refractivity contribution < 1.29 is 17.9 Å². The lowest BCUT2D eigenvalue weighted by Crippen LogP contribution is -2.23. The van der Waals surface area contributed by atoms with E-state index < -0.39 is 17.5 Å². The third-order valence-corrected chi connectivity index (χ3v) is 2.93. The quantitative estimate of drug-likeness (QED) is 0.827. The molecule has 1 saturated heterocycles. The summed E-state index contributed by atoms with van der Waals surface area (Å²) >= 11 is 0. The smallest absolute Gasteiger partial charge is 0.161 e. The van der Waals surface area contributed by atoms with Crippen LogP contribution in [0.4, 0.5) is 18.9 Å². The van der Waals surface area contributed by atoms with E-state index in [2.05, 4.69) is 5.32 Å². The zero-order valence-electron chi connectivity index (χ0n) is 9.31. The Morgan fingerprint density at radius 3 is 2.41 bits per heavy atom. The van der Waals surface area contributed by atoms with E-state index in [-0.39, 0.29) is 5.69 Å². The topological polar surface area (TPSA) is 21.3 Å². The van der Waals surface area contributed by atoms with Gasteiger partial charge in [-0.05, 0) is 18.8 Å². The summed E-state index contributed by atoms with van der Waals surface area (Å²) < 4.78 is 44.1. The molecule has 0 aliphatic carbocycles. The van der Waals surface area contributed by atoms with E-state index in [1.165, 1.54) is 0 Å². The van der Waals surface area contributed by atoms with E-state index in [0.717, 1.165) is 18.9 Å². The second kappa shape index (κ2) is 5.40. The van der Waals surface area contributed by atoms with Crippen LogP contribution in [-0.2, 0) is 4.74 Å². The van der Waals surface area contributed by atoms with Crippen LogP contribution in [-0.4, -0.2) is 19.8 Å². The Hall–Kier alpha value is -1.23. The van der Waals surface area contributed by atoms with Gasteiger partial charge in [0.2, 0.25) is 0 Å². The first-order valence-electron chi connectivity index (χ1n) is 5.63. The van der Waals surface area contributed by atoms with Crippen molar-refractivity contribution >= 4 is 5.69 Å². The monoisotopic (exact) mass is 245 g/mol. The van der Waals surface area contributed by atoms with Gasteiger partial charge < -0.3 is 10.1 Å². The summed E-state index contributed by atoms with van der Waals surface area (Å²) in [6.07, 6.45) is 1.80. The zero-order chi connectivity index (χ0) is 12.3. The van der Waals surface area contributed by atoms with Crippen LogP contribution in [0.1, 0.15) is 12.8 Å². The first kappa shape index (κ1) is 12.2. The van der Waals surface area contributed by atoms with Crippen molar-refractivity contribution in [3.05, 3.63) is 29.6 Å². The number of anilines is 1. The molecule has 94 valence electrons. The Bertz CT molecular complexity index is 392. The van der Waals surface area contributed by atoms with Gasteiger partial charge in [-0.25, -0.2) is 13.2 Å². The summed E-state index contributed by atoms with van der Waals surface area (Å²) in [4.78, 5) is 0. The standard InChI is InChI=1S/C12H14F3NO/c13-9-5-11(15)12(6-10(9)14)16-7-8-1-3-17-4-2-8/h5-6,8,16H,1-4,7H2. The van der Waals surface area contributed by atoms with Gasteiger partial charge >= 0.3 is 0 Å². The minimum Gasteiger partial charge on any atom is -0.382 e. The molecule has 1 heterocycles. The second-order valence-electron chi connectivity index (χ2n) is 4.18. The normalized spacial score (nSPS) is 17.1. The van der Waals surface area contributed by atoms with Crippen LogP contribution in [0.3, 0.4) is 0 Å². The molecule has 0 atom stereocenters. The number of hydrogen-bond acceptors (Lipinski definition) is 2. The predicted molar refractivity (Wildman–Crippen MR) is 58.3 cm³/mol. The van der Waals surface area contributed by atoms with Crippen molar-refractivity contribution in [2.24, 2.45) is 5.92 Å². The second-order valence-corrected chi connectivity index (χ2v) is 4.18. The summed E-state index contributed by atoms with van der Waals surface area (Å²) in [5, 5.41) is 2.81. The Kier molecular flexibility index (Phi) is 3.89.